The van der Waals surface area contributed by atoms with Crippen molar-refractivity contribution in [3.63, 3.8) is 0 Å². The first kappa shape index (κ1) is 13.6. The molecule has 1 aliphatic carbocycles. The number of hydrogen-bond acceptors (Lipinski definition) is 3. The Labute approximate surface area is 122 Å². The third kappa shape index (κ3) is 2.46. The highest BCUT2D eigenvalue weighted by Gasteiger charge is 2.47. The molecule has 2 aliphatic rings. The predicted octanol–water partition coefficient (Wildman–Crippen LogP) is 2.53. The van der Waals surface area contributed by atoms with E-state index in [1.165, 1.54) is 6.42 Å². The average molecular weight is 293 g/mol. The Balaban J connectivity index is 1.79. The molecule has 4 nitrogen and oxygen atoms in total. The highest BCUT2D eigenvalue weighted by Crippen LogP contribution is 2.40. The lowest BCUT2D eigenvalue weighted by Crippen LogP contribution is -2.46. The number of carbonyl (C=O) groups is 2. The number of carbonyl (C=O) groups excluding carboxylic acids is 1. The topological polar surface area (TPSA) is 57.6 Å². The van der Waals surface area contributed by atoms with Crippen LogP contribution in [0.4, 0.5) is 0 Å². The molecule has 3 rings (SSSR count). The van der Waals surface area contributed by atoms with Crippen LogP contribution in [-0.2, 0) is 16.0 Å². The van der Waals surface area contributed by atoms with Crippen LogP contribution in [0.25, 0.3) is 0 Å². The molecule has 2 fully saturated rings. The van der Waals surface area contributed by atoms with Crippen molar-refractivity contribution in [1.29, 1.82) is 0 Å². The maximum atomic E-state index is 12.5. The van der Waals surface area contributed by atoms with Crippen LogP contribution >= 0.6 is 11.3 Å². The van der Waals surface area contributed by atoms with E-state index in [0.717, 1.165) is 24.8 Å². The first-order valence-electron chi connectivity index (χ1n) is 7.22. The van der Waals surface area contributed by atoms with Gasteiger partial charge in [0.05, 0.1) is 6.42 Å². The molecule has 1 saturated carbocycles. The van der Waals surface area contributed by atoms with Crippen LogP contribution < -0.4 is 0 Å². The number of fused-ring (bicyclic) bond motifs is 1. The molecule has 1 aliphatic heterocycles. The molecule has 0 bridgehead atoms. The number of nitrogens with zero attached hydrogens (tertiary/aromatic N) is 1. The summed E-state index contributed by atoms with van der Waals surface area (Å²) >= 11 is 1.57. The van der Waals surface area contributed by atoms with Crippen LogP contribution in [0.2, 0.25) is 0 Å². The molecule has 2 heterocycles. The second kappa shape index (κ2) is 5.56. The third-order valence-electron chi connectivity index (χ3n) is 4.60. The minimum Gasteiger partial charge on any atom is -0.480 e. The van der Waals surface area contributed by atoms with Crippen molar-refractivity contribution >= 4 is 23.2 Å². The molecule has 5 heteroatoms. The van der Waals surface area contributed by atoms with Gasteiger partial charge < -0.3 is 10.0 Å². The lowest BCUT2D eigenvalue weighted by atomic mass is 9.84. The Hall–Kier alpha value is -1.36. The first-order valence-corrected chi connectivity index (χ1v) is 8.16. The molecule has 0 radical (unpaired) electrons. The van der Waals surface area contributed by atoms with Gasteiger partial charge in [0, 0.05) is 6.04 Å². The van der Waals surface area contributed by atoms with E-state index >= 15 is 0 Å². The summed E-state index contributed by atoms with van der Waals surface area (Å²) in [5.41, 5.74) is 0.989. The molecule has 0 unspecified atom stereocenters. The Bertz CT molecular complexity index is 499. The summed E-state index contributed by atoms with van der Waals surface area (Å²) in [6, 6.07) is 1.47. The summed E-state index contributed by atoms with van der Waals surface area (Å²) in [4.78, 5) is 25.7. The second-order valence-corrected chi connectivity index (χ2v) is 6.59. The average Bonchev–Trinajstić information content (AvgIpc) is 3.04. The van der Waals surface area contributed by atoms with E-state index in [9.17, 15) is 14.7 Å². The zero-order valence-electron chi connectivity index (χ0n) is 11.3. The fourth-order valence-corrected chi connectivity index (χ4v) is 4.37. The van der Waals surface area contributed by atoms with Gasteiger partial charge >= 0.3 is 5.97 Å². The molecule has 1 aromatic heterocycles. The van der Waals surface area contributed by atoms with E-state index in [2.05, 4.69) is 0 Å². The fraction of sp³-hybridized carbons (Fsp3) is 0.600. The lowest BCUT2D eigenvalue weighted by Gasteiger charge is -2.33. The van der Waals surface area contributed by atoms with E-state index in [1.54, 1.807) is 16.2 Å². The molecule has 0 aromatic carbocycles. The largest absolute Gasteiger partial charge is 0.480 e. The van der Waals surface area contributed by atoms with Crippen molar-refractivity contribution in [2.24, 2.45) is 5.92 Å². The molecule has 1 N–H and O–H groups in total. The third-order valence-corrected chi connectivity index (χ3v) is 5.33. The summed E-state index contributed by atoms with van der Waals surface area (Å²) in [6.07, 6.45) is 5.27. The van der Waals surface area contributed by atoms with Crippen LogP contribution in [0.3, 0.4) is 0 Å². The van der Waals surface area contributed by atoms with Crippen molar-refractivity contribution in [3.05, 3.63) is 22.4 Å². The number of likely N-dealkylation sites (tertiary alicyclic amines) is 1. The molecule has 1 amide bonds. The molecule has 3 atom stereocenters. The van der Waals surface area contributed by atoms with Gasteiger partial charge in [-0.2, -0.15) is 11.3 Å². The van der Waals surface area contributed by atoms with Crippen molar-refractivity contribution in [3.8, 4) is 0 Å². The number of carboxylic acid groups (broad SMARTS) is 1. The molecule has 0 spiro atoms. The van der Waals surface area contributed by atoms with Crippen molar-refractivity contribution < 1.29 is 14.7 Å². The van der Waals surface area contributed by atoms with Gasteiger partial charge in [-0.1, -0.05) is 12.8 Å². The monoisotopic (exact) mass is 293 g/mol. The number of amides is 1. The second-order valence-electron chi connectivity index (χ2n) is 5.81. The molecular weight excluding hydrogens is 274 g/mol. The van der Waals surface area contributed by atoms with Gasteiger partial charge in [0.15, 0.2) is 0 Å². The number of thiophene rings is 1. The number of hydrogen-bond donors (Lipinski definition) is 1. The smallest absolute Gasteiger partial charge is 0.326 e. The van der Waals surface area contributed by atoms with Crippen LogP contribution in [-0.4, -0.2) is 34.0 Å². The molecule has 1 aromatic rings. The van der Waals surface area contributed by atoms with Crippen LogP contribution in [0.1, 0.15) is 37.7 Å². The van der Waals surface area contributed by atoms with Gasteiger partial charge in [0.2, 0.25) is 5.91 Å². The molecule has 1 saturated heterocycles. The predicted molar refractivity (Wildman–Crippen MR) is 76.7 cm³/mol. The zero-order chi connectivity index (χ0) is 14.1. The van der Waals surface area contributed by atoms with Crippen LogP contribution in [0.15, 0.2) is 16.8 Å². The Kier molecular flexibility index (Phi) is 3.78. The van der Waals surface area contributed by atoms with E-state index in [-0.39, 0.29) is 11.9 Å². The Morgan fingerprint density at radius 3 is 2.85 bits per heavy atom. The van der Waals surface area contributed by atoms with Gasteiger partial charge in [-0.15, -0.1) is 0 Å². The molecule has 20 heavy (non-hydrogen) atoms. The van der Waals surface area contributed by atoms with E-state index in [1.807, 2.05) is 16.8 Å². The SMILES string of the molecule is O=C(O)[C@H]1C[C@H]2CCCC[C@H]2N1C(=O)Cc1ccsc1. The van der Waals surface area contributed by atoms with E-state index in [0.29, 0.717) is 18.8 Å². The van der Waals surface area contributed by atoms with Gasteiger partial charge in [-0.05, 0) is 47.6 Å². The van der Waals surface area contributed by atoms with Gasteiger partial charge in [-0.25, -0.2) is 4.79 Å². The lowest BCUT2D eigenvalue weighted by molar-refractivity contribution is -0.149. The maximum absolute atomic E-state index is 12.5. The maximum Gasteiger partial charge on any atom is 0.326 e. The van der Waals surface area contributed by atoms with Gasteiger partial charge in [0.1, 0.15) is 6.04 Å². The van der Waals surface area contributed by atoms with Crippen molar-refractivity contribution in [1.82, 2.24) is 4.90 Å². The van der Waals surface area contributed by atoms with Crippen molar-refractivity contribution in [2.45, 2.75) is 50.6 Å². The summed E-state index contributed by atoms with van der Waals surface area (Å²) in [5, 5.41) is 13.3. The number of carboxylic acids is 1. The number of aliphatic carboxylic acids is 1. The van der Waals surface area contributed by atoms with Crippen LogP contribution in [0.5, 0.6) is 0 Å². The van der Waals surface area contributed by atoms with Crippen molar-refractivity contribution in [2.75, 3.05) is 0 Å². The molecular formula is C15H19NO3S. The Morgan fingerprint density at radius 1 is 1.35 bits per heavy atom. The number of rotatable bonds is 3. The van der Waals surface area contributed by atoms with Gasteiger partial charge in [-0.3, -0.25) is 4.79 Å². The summed E-state index contributed by atoms with van der Waals surface area (Å²) in [6.45, 7) is 0. The highest BCUT2D eigenvalue weighted by molar-refractivity contribution is 7.07. The fourth-order valence-electron chi connectivity index (χ4n) is 3.70. The highest BCUT2D eigenvalue weighted by atomic mass is 32.1. The summed E-state index contributed by atoms with van der Waals surface area (Å²) < 4.78 is 0. The van der Waals surface area contributed by atoms with Crippen LogP contribution in [0, 0.1) is 5.92 Å². The quantitative estimate of drug-likeness (QED) is 0.931. The van der Waals surface area contributed by atoms with E-state index in [4.69, 9.17) is 0 Å². The van der Waals surface area contributed by atoms with E-state index < -0.39 is 12.0 Å². The zero-order valence-corrected chi connectivity index (χ0v) is 12.1. The Morgan fingerprint density at radius 2 is 2.15 bits per heavy atom. The summed E-state index contributed by atoms with van der Waals surface area (Å²) in [5.74, 6) is -0.487. The van der Waals surface area contributed by atoms with Gasteiger partial charge in [0.25, 0.3) is 0 Å². The normalized spacial score (nSPS) is 29.2. The standard InChI is InChI=1S/C15H19NO3S/c17-14(7-10-5-6-20-9-10)16-12-4-2-1-3-11(12)8-13(16)15(18)19/h5-6,9,11-13H,1-4,7-8H2,(H,18,19)/t11-,12-,13-/m1/s1. The minimum absolute atomic E-state index is 0.0230. The minimum atomic E-state index is -0.849. The molecule has 108 valence electrons. The first-order chi connectivity index (χ1) is 9.66. The summed E-state index contributed by atoms with van der Waals surface area (Å²) in [7, 11) is 0.